The van der Waals surface area contributed by atoms with Crippen molar-refractivity contribution in [2.75, 3.05) is 5.32 Å². The lowest BCUT2D eigenvalue weighted by molar-refractivity contribution is 0.0634. The van der Waals surface area contributed by atoms with Crippen LogP contribution in [0.3, 0.4) is 0 Å². The Labute approximate surface area is 262 Å². The molecule has 0 atom stereocenters. The van der Waals surface area contributed by atoms with Crippen LogP contribution in [0.5, 0.6) is 0 Å². The zero-order valence-electron chi connectivity index (χ0n) is 25.5. The lowest BCUT2D eigenvalue weighted by Crippen LogP contribution is -2.40. The zero-order chi connectivity index (χ0) is 31.7. The number of nitrogens with one attached hydrogen (secondary N) is 3. The second-order valence-corrected chi connectivity index (χ2v) is 15.3. The Kier molecular flexibility index (Phi) is 9.05. The van der Waals surface area contributed by atoms with Gasteiger partial charge in [-0.05, 0) is 74.4 Å². The van der Waals surface area contributed by atoms with Gasteiger partial charge in [0.25, 0.3) is 11.8 Å². The summed E-state index contributed by atoms with van der Waals surface area (Å²) in [6, 6.07) is 3.55. The van der Waals surface area contributed by atoms with E-state index in [2.05, 4.69) is 25.9 Å². The molecular formula is C29H35N7O4S3. The molecule has 43 heavy (non-hydrogen) atoms. The van der Waals surface area contributed by atoms with Gasteiger partial charge in [-0.2, -0.15) is 0 Å². The first-order valence-corrected chi connectivity index (χ1v) is 16.0. The number of nitrogens with zero attached hydrogens (tertiary/aromatic N) is 4. The number of pyridine rings is 1. The van der Waals surface area contributed by atoms with Gasteiger partial charge in [-0.1, -0.05) is 0 Å². The van der Waals surface area contributed by atoms with Crippen molar-refractivity contribution in [3.05, 3.63) is 39.7 Å². The van der Waals surface area contributed by atoms with E-state index in [9.17, 15) is 14.4 Å². The topological polar surface area (TPSA) is 148 Å². The highest BCUT2D eigenvalue weighted by Gasteiger charge is 2.24. The molecule has 3 N–H and O–H groups in total. The number of aromatic nitrogens is 4. The molecule has 4 aromatic heterocycles. The number of carbonyl (C=O) groups is 3. The number of anilines is 1. The van der Waals surface area contributed by atoms with Gasteiger partial charge >= 0.3 is 6.09 Å². The molecular weight excluding hydrogens is 607 g/mol. The van der Waals surface area contributed by atoms with Crippen molar-refractivity contribution in [2.45, 2.75) is 79.0 Å². The van der Waals surface area contributed by atoms with Crippen LogP contribution < -0.4 is 16.0 Å². The number of amides is 3. The average molecular weight is 642 g/mol. The average Bonchev–Trinajstić information content (AvgIpc) is 3.61. The van der Waals surface area contributed by atoms with Crippen molar-refractivity contribution in [3.63, 3.8) is 0 Å². The Hall–Kier alpha value is -3.75. The van der Waals surface area contributed by atoms with E-state index in [-0.39, 0.29) is 28.9 Å². The highest BCUT2D eigenvalue weighted by Crippen LogP contribution is 2.35. The highest BCUT2D eigenvalue weighted by atomic mass is 32.1. The van der Waals surface area contributed by atoms with Crippen LogP contribution in [0.4, 0.5) is 10.6 Å². The molecule has 0 fully saturated rings. The first-order valence-electron chi connectivity index (χ1n) is 13.4. The van der Waals surface area contributed by atoms with Gasteiger partial charge in [-0.15, -0.1) is 34.0 Å². The third-order valence-electron chi connectivity index (χ3n) is 5.14. The second-order valence-electron chi connectivity index (χ2n) is 12.7. The summed E-state index contributed by atoms with van der Waals surface area (Å²) in [5.41, 5.74) is 0.732. The molecule has 228 valence electrons. The van der Waals surface area contributed by atoms with E-state index in [0.717, 1.165) is 0 Å². The number of carbonyl (C=O) groups excluding carboxylic acids is 3. The SMILES string of the molecule is CC(C)(C)NC(=O)c1csc(-c2csc(-c3ccc(-c4nc(C(=O)NC(C)(C)C)cs4)c(NC(=O)OC(C)(C)C)n3)n2)n1. The summed E-state index contributed by atoms with van der Waals surface area (Å²) in [5.74, 6) is -0.324. The highest BCUT2D eigenvalue weighted by molar-refractivity contribution is 7.15. The van der Waals surface area contributed by atoms with Crippen molar-refractivity contribution < 1.29 is 19.1 Å². The van der Waals surface area contributed by atoms with Crippen molar-refractivity contribution in [1.82, 2.24) is 30.6 Å². The van der Waals surface area contributed by atoms with E-state index in [4.69, 9.17) is 14.7 Å². The molecule has 0 radical (unpaired) electrons. The Bertz CT molecular complexity index is 1650. The lowest BCUT2D eigenvalue weighted by Gasteiger charge is -2.20. The number of ether oxygens (including phenoxy) is 1. The van der Waals surface area contributed by atoms with Gasteiger partial charge in [0.1, 0.15) is 49.2 Å². The van der Waals surface area contributed by atoms with Crippen molar-refractivity contribution >= 4 is 57.7 Å². The van der Waals surface area contributed by atoms with Crippen LogP contribution in [-0.2, 0) is 4.74 Å². The Balaban J connectivity index is 1.65. The maximum Gasteiger partial charge on any atom is 0.413 e. The molecule has 4 aromatic rings. The fourth-order valence-electron chi connectivity index (χ4n) is 3.54. The maximum absolute atomic E-state index is 12.8. The molecule has 0 aliphatic rings. The molecule has 0 aliphatic heterocycles. The molecule has 0 aliphatic carbocycles. The second kappa shape index (κ2) is 12.1. The van der Waals surface area contributed by atoms with E-state index in [1.807, 2.05) is 46.9 Å². The van der Waals surface area contributed by atoms with Gasteiger partial charge in [0, 0.05) is 27.2 Å². The van der Waals surface area contributed by atoms with Crippen molar-refractivity contribution in [3.8, 4) is 32.0 Å². The summed E-state index contributed by atoms with van der Waals surface area (Å²) in [5, 5.41) is 15.5. The summed E-state index contributed by atoms with van der Waals surface area (Å²) in [6.45, 7) is 16.7. The Morgan fingerprint density at radius 2 is 1.16 bits per heavy atom. The number of rotatable bonds is 6. The zero-order valence-corrected chi connectivity index (χ0v) is 28.0. The smallest absolute Gasteiger partial charge is 0.413 e. The van der Waals surface area contributed by atoms with Gasteiger partial charge in [0.05, 0.1) is 5.56 Å². The van der Waals surface area contributed by atoms with Gasteiger partial charge < -0.3 is 15.4 Å². The molecule has 0 unspecified atom stereocenters. The van der Waals surface area contributed by atoms with E-state index < -0.39 is 17.2 Å². The molecule has 4 rings (SSSR count). The maximum atomic E-state index is 12.8. The normalized spacial score (nSPS) is 12.1. The minimum atomic E-state index is -0.720. The molecule has 0 bridgehead atoms. The summed E-state index contributed by atoms with van der Waals surface area (Å²) in [4.78, 5) is 56.4. The summed E-state index contributed by atoms with van der Waals surface area (Å²) in [7, 11) is 0. The van der Waals surface area contributed by atoms with Crippen LogP contribution >= 0.6 is 34.0 Å². The molecule has 0 saturated heterocycles. The predicted molar refractivity (Wildman–Crippen MR) is 172 cm³/mol. The van der Waals surface area contributed by atoms with E-state index in [1.165, 1.54) is 34.0 Å². The van der Waals surface area contributed by atoms with Crippen molar-refractivity contribution in [2.24, 2.45) is 0 Å². The van der Waals surface area contributed by atoms with Gasteiger partial charge in [0.2, 0.25) is 0 Å². The van der Waals surface area contributed by atoms with Gasteiger partial charge in [-0.3, -0.25) is 14.9 Å². The lowest BCUT2D eigenvalue weighted by atomic mass is 10.1. The molecule has 0 aromatic carbocycles. The van der Waals surface area contributed by atoms with Crippen LogP contribution in [-0.4, -0.2) is 54.5 Å². The monoisotopic (exact) mass is 641 g/mol. The third-order valence-corrected chi connectivity index (χ3v) is 7.74. The van der Waals surface area contributed by atoms with Crippen LogP contribution in [0, 0.1) is 0 Å². The summed E-state index contributed by atoms with van der Waals surface area (Å²) in [6.07, 6.45) is -0.677. The van der Waals surface area contributed by atoms with Gasteiger partial charge in [0.15, 0.2) is 0 Å². The summed E-state index contributed by atoms with van der Waals surface area (Å²) < 4.78 is 5.47. The number of hydrogen-bond donors (Lipinski definition) is 3. The minimum absolute atomic E-state index is 0.219. The van der Waals surface area contributed by atoms with Crippen LogP contribution in [0.2, 0.25) is 0 Å². The molecule has 0 saturated carbocycles. The first kappa shape index (κ1) is 32.2. The van der Waals surface area contributed by atoms with Crippen molar-refractivity contribution in [1.29, 1.82) is 0 Å². The third kappa shape index (κ3) is 8.88. The Morgan fingerprint density at radius 1 is 0.651 bits per heavy atom. The van der Waals surface area contributed by atoms with Crippen LogP contribution in [0.25, 0.3) is 32.0 Å². The molecule has 3 amide bonds. The van der Waals surface area contributed by atoms with Gasteiger partial charge in [-0.25, -0.2) is 24.7 Å². The first-order chi connectivity index (χ1) is 19.9. The number of hydrogen-bond acceptors (Lipinski definition) is 11. The molecule has 4 heterocycles. The largest absolute Gasteiger partial charge is 0.444 e. The van der Waals surface area contributed by atoms with Crippen LogP contribution in [0.15, 0.2) is 28.3 Å². The molecule has 14 heteroatoms. The minimum Gasteiger partial charge on any atom is -0.444 e. The number of thiazole rings is 3. The van der Waals surface area contributed by atoms with E-state index in [1.54, 1.807) is 43.7 Å². The molecule has 0 spiro atoms. The van der Waals surface area contributed by atoms with Crippen LogP contribution in [0.1, 0.15) is 83.3 Å². The standard InChI is InChI=1S/C29H35N7O4S3/c1-27(2,3)35-21(37)17-12-41-23(31-17)15-10-11-16(30-20(15)34-26(39)40-29(7,8)9)24-33-19(14-43-24)25-32-18(13-42-25)22(38)36-28(4,5)6/h10-14H,1-9H3,(H,35,37)(H,36,38)(H,30,34,39). The predicted octanol–water partition coefficient (Wildman–Crippen LogP) is 6.86. The fraction of sp³-hybridized carbons (Fsp3) is 0.414. The van der Waals surface area contributed by atoms with E-state index in [0.29, 0.717) is 37.7 Å². The fourth-order valence-corrected chi connectivity index (χ4v) is 5.98. The summed E-state index contributed by atoms with van der Waals surface area (Å²) >= 11 is 3.95. The molecule has 11 nitrogen and oxygen atoms in total. The Morgan fingerprint density at radius 3 is 1.72 bits per heavy atom. The quantitative estimate of drug-likeness (QED) is 0.207. The van der Waals surface area contributed by atoms with E-state index >= 15 is 0 Å².